The van der Waals surface area contributed by atoms with Gasteiger partial charge in [0.2, 0.25) is 5.91 Å². The van der Waals surface area contributed by atoms with Crippen LogP contribution in [-0.4, -0.2) is 56.7 Å². The fourth-order valence-corrected chi connectivity index (χ4v) is 4.35. The summed E-state index contributed by atoms with van der Waals surface area (Å²) in [6, 6.07) is 12.3. The summed E-state index contributed by atoms with van der Waals surface area (Å²) in [6.45, 7) is 1.58. The Morgan fingerprint density at radius 3 is 2.91 bits per heavy atom. The number of nitrogens with zero attached hydrogens (tertiary/aromatic N) is 5. The number of hydrogen-bond acceptors (Lipinski definition) is 5. The zero-order chi connectivity index (χ0) is 22.2. The lowest BCUT2D eigenvalue weighted by Gasteiger charge is -2.19. The molecule has 0 unspecified atom stereocenters. The number of aromatic amines is 1. The number of nitrogens with one attached hydrogen (secondary N) is 1. The van der Waals surface area contributed by atoms with E-state index in [-0.39, 0.29) is 17.7 Å². The SMILES string of the molecule is N#Cc1cc(Cl)cc(/C=C/C(=O)N2CC3=CN(C(=O)c4ccc5[nH]nnc5c4)C[C@H]3C2)c1. The van der Waals surface area contributed by atoms with Gasteiger partial charge in [0.05, 0.1) is 17.1 Å². The molecule has 1 aromatic heterocycles. The van der Waals surface area contributed by atoms with E-state index in [0.717, 1.165) is 11.1 Å². The van der Waals surface area contributed by atoms with Crippen LogP contribution in [-0.2, 0) is 4.79 Å². The smallest absolute Gasteiger partial charge is 0.257 e. The van der Waals surface area contributed by atoms with Crippen molar-refractivity contribution >= 4 is 40.5 Å². The highest BCUT2D eigenvalue weighted by molar-refractivity contribution is 6.30. The molecule has 0 saturated carbocycles. The molecule has 8 nitrogen and oxygen atoms in total. The summed E-state index contributed by atoms with van der Waals surface area (Å²) in [6.07, 6.45) is 5.00. The molecule has 5 rings (SSSR count). The topological polar surface area (TPSA) is 106 Å². The number of rotatable bonds is 3. The first-order valence-corrected chi connectivity index (χ1v) is 10.4. The summed E-state index contributed by atoms with van der Waals surface area (Å²) >= 11 is 6.01. The number of likely N-dealkylation sites (tertiary alicyclic amines) is 1. The van der Waals surface area contributed by atoms with Gasteiger partial charge in [-0.15, -0.1) is 5.10 Å². The Bertz CT molecular complexity index is 1350. The molecule has 2 aromatic carbocycles. The molecule has 9 heteroatoms. The molecule has 0 aliphatic carbocycles. The van der Waals surface area contributed by atoms with Crippen LogP contribution in [0.3, 0.4) is 0 Å². The molecular formula is C23H17ClN6O2. The zero-order valence-electron chi connectivity index (χ0n) is 16.8. The lowest BCUT2D eigenvalue weighted by atomic mass is 10.1. The fourth-order valence-electron chi connectivity index (χ4n) is 4.10. The van der Waals surface area contributed by atoms with Crippen molar-refractivity contribution in [2.45, 2.75) is 0 Å². The number of H-pyrrole nitrogens is 1. The molecule has 2 aliphatic rings. The summed E-state index contributed by atoms with van der Waals surface area (Å²) in [5.41, 5.74) is 4.18. The van der Waals surface area contributed by atoms with E-state index < -0.39 is 0 Å². The second kappa shape index (κ2) is 7.94. The lowest BCUT2D eigenvalue weighted by Crippen LogP contribution is -2.32. The van der Waals surface area contributed by atoms with Gasteiger partial charge in [0.15, 0.2) is 0 Å². The van der Waals surface area contributed by atoms with E-state index in [9.17, 15) is 9.59 Å². The minimum Gasteiger partial charge on any atom is -0.334 e. The predicted molar refractivity (Wildman–Crippen MR) is 118 cm³/mol. The van der Waals surface area contributed by atoms with Crippen LogP contribution in [0.5, 0.6) is 0 Å². The summed E-state index contributed by atoms with van der Waals surface area (Å²) in [5.74, 6) is -0.0830. The van der Waals surface area contributed by atoms with Crippen LogP contribution in [0.4, 0.5) is 0 Å². The highest BCUT2D eigenvalue weighted by atomic mass is 35.5. The van der Waals surface area contributed by atoms with Gasteiger partial charge >= 0.3 is 0 Å². The number of benzene rings is 2. The van der Waals surface area contributed by atoms with Crippen molar-refractivity contribution in [2.24, 2.45) is 5.92 Å². The lowest BCUT2D eigenvalue weighted by molar-refractivity contribution is -0.125. The molecule has 158 valence electrons. The van der Waals surface area contributed by atoms with Crippen molar-refractivity contribution in [2.75, 3.05) is 19.6 Å². The maximum atomic E-state index is 12.9. The van der Waals surface area contributed by atoms with Gasteiger partial charge in [-0.2, -0.15) is 5.26 Å². The monoisotopic (exact) mass is 444 g/mol. The second-order valence-electron chi connectivity index (χ2n) is 7.84. The molecule has 1 atom stereocenters. The minimum absolute atomic E-state index is 0.0937. The quantitative estimate of drug-likeness (QED) is 0.625. The van der Waals surface area contributed by atoms with Gasteiger partial charge in [0.25, 0.3) is 5.91 Å². The highest BCUT2D eigenvalue weighted by Gasteiger charge is 2.36. The molecule has 32 heavy (non-hydrogen) atoms. The number of nitriles is 1. The maximum absolute atomic E-state index is 12.9. The van der Waals surface area contributed by atoms with Crippen LogP contribution in [0.1, 0.15) is 21.5 Å². The highest BCUT2D eigenvalue weighted by Crippen LogP contribution is 2.31. The first-order valence-electron chi connectivity index (χ1n) is 10.0. The Balaban J connectivity index is 1.25. The van der Waals surface area contributed by atoms with Gasteiger partial charge in [-0.05, 0) is 53.6 Å². The van der Waals surface area contributed by atoms with Crippen LogP contribution in [0, 0.1) is 17.2 Å². The predicted octanol–water partition coefficient (Wildman–Crippen LogP) is 2.99. The number of aromatic nitrogens is 3. The second-order valence-corrected chi connectivity index (χ2v) is 8.28. The van der Waals surface area contributed by atoms with Crippen LogP contribution in [0.25, 0.3) is 17.1 Å². The third-order valence-electron chi connectivity index (χ3n) is 5.69. The minimum atomic E-state index is -0.117. The van der Waals surface area contributed by atoms with E-state index in [1.807, 2.05) is 12.3 Å². The van der Waals surface area contributed by atoms with Gasteiger partial charge in [-0.25, -0.2) is 0 Å². The third-order valence-corrected chi connectivity index (χ3v) is 5.91. The van der Waals surface area contributed by atoms with Crippen LogP contribution >= 0.6 is 11.6 Å². The zero-order valence-corrected chi connectivity index (χ0v) is 17.6. The van der Waals surface area contributed by atoms with Crippen LogP contribution in [0.15, 0.2) is 54.2 Å². The molecule has 0 radical (unpaired) electrons. The van der Waals surface area contributed by atoms with Gasteiger partial charge in [-0.3, -0.25) is 14.7 Å². The number of carbonyl (C=O) groups excluding carboxylic acids is 2. The van der Waals surface area contributed by atoms with Crippen molar-refractivity contribution in [3.05, 3.63) is 76.0 Å². The first-order chi connectivity index (χ1) is 15.5. The summed E-state index contributed by atoms with van der Waals surface area (Å²) in [5, 5.41) is 20.0. The van der Waals surface area contributed by atoms with Gasteiger partial charge in [-0.1, -0.05) is 16.8 Å². The average Bonchev–Trinajstić information content (AvgIpc) is 3.50. The van der Waals surface area contributed by atoms with E-state index in [4.69, 9.17) is 16.9 Å². The summed E-state index contributed by atoms with van der Waals surface area (Å²) < 4.78 is 0. The normalized spacial score (nSPS) is 17.6. The molecular weight excluding hydrogens is 428 g/mol. The number of amides is 2. The number of halogens is 1. The molecule has 2 amide bonds. The number of hydrogen-bond donors (Lipinski definition) is 1. The van der Waals surface area contributed by atoms with Crippen molar-refractivity contribution < 1.29 is 9.59 Å². The average molecular weight is 445 g/mol. The fraction of sp³-hybridized carbons (Fsp3) is 0.174. The standard InChI is InChI=1S/C23H17ClN6O2/c24-19-6-14(5-15(7-19)9-25)1-4-22(31)29-10-17-12-30(13-18(17)11-29)23(32)16-2-3-20-21(8-16)27-28-26-20/h1-8,12,18H,10-11,13H2,(H,26,27,28)/b4-1+/t18-/m1/s1. The maximum Gasteiger partial charge on any atom is 0.257 e. The van der Waals surface area contributed by atoms with Crippen molar-refractivity contribution in [3.63, 3.8) is 0 Å². The summed E-state index contributed by atoms with van der Waals surface area (Å²) in [7, 11) is 0. The largest absolute Gasteiger partial charge is 0.334 e. The molecule has 1 N–H and O–H groups in total. The van der Waals surface area contributed by atoms with E-state index >= 15 is 0 Å². The van der Waals surface area contributed by atoms with Crippen LogP contribution in [0.2, 0.25) is 5.02 Å². The van der Waals surface area contributed by atoms with Gasteiger partial charge in [0.1, 0.15) is 5.52 Å². The molecule has 3 heterocycles. The molecule has 0 spiro atoms. The Morgan fingerprint density at radius 2 is 2.09 bits per heavy atom. The molecule has 1 fully saturated rings. The van der Waals surface area contributed by atoms with Crippen molar-refractivity contribution in [1.82, 2.24) is 25.2 Å². The molecule has 2 aliphatic heterocycles. The number of fused-ring (bicyclic) bond motifs is 2. The van der Waals surface area contributed by atoms with E-state index in [0.29, 0.717) is 46.9 Å². The van der Waals surface area contributed by atoms with Crippen molar-refractivity contribution in [3.8, 4) is 6.07 Å². The van der Waals surface area contributed by atoms with E-state index in [2.05, 4.69) is 15.4 Å². The Hall–Kier alpha value is -3.96. The first kappa shape index (κ1) is 20.0. The van der Waals surface area contributed by atoms with Crippen LogP contribution < -0.4 is 0 Å². The van der Waals surface area contributed by atoms with Crippen molar-refractivity contribution in [1.29, 1.82) is 5.26 Å². The Labute approximate surface area is 188 Å². The Morgan fingerprint density at radius 1 is 1.22 bits per heavy atom. The van der Waals surface area contributed by atoms with Gasteiger partial charge < -0.3 is 9.80 Å². The molecule has 3 aromatic rings. The molecule has 0 bridgehead atoms. The van der Waals surface area contributed by atoms with E-state index in [1.54, 1.807) is 52.3 Å². The third kappa shape index (κ3) is 3.74. The summed E-state index contributed by atoms with van der Waals surface area (Å²) in [4.78, 5) is 29.0. The Kier molecular flexibility index (Phi) is 4.96. The number of carbonyl (C=O) groups is 2. The van der Waals surface area contributed by atoms with Gasteiger partial charge in [0, 0.05) is 48.4 Å². The van der Waals surface area contributed by atoms with E-state index in [1.165, 1.54) is 6.08 Å². The molecule has 1 saturated heterocycles.